The fourth-order valence-corrected chi connectivity index (χ4v) is 6.43. The van der Waals surface area contributed by atoms with Crippen molar-refractivity contribution in [3.05, 3.63) is 16.6 Å². The molecule has 0 saturated carbocycles. The molecular weight excluding hydrogens is 292 g/mol. The maximum atomic E-state index is 4.47. The minimum atomic E-state index is 0.578. The Bertz CT molecular complexity index is 342. The zero-order chi connectivity index (χ0) is 13.5. The number of thioether (sulfide) groups is 2. The Labute approximate surface area is 129 Å². The molecule has 2 nitrogen and oxygen atoms in total. The molecule has 0 radical (unpaired) electrons. The highest BCUT2D eigenvalue weighted by molar-refractivity contribution is 8.07. The van der Waals surface area contributed by atoms with Gasteiger partial charge in [0.05, 0.1) is 5.01 Å². The first-order chi connectivity index (χ1) is 9.35. The van der Waals surface area contributed by atoms with Crippen LogP contribution in [0.2, 0.25) is 0 Å². The van der Waals surface area contributed by atoms with Crippen molar-refractivity contribution in [3.63, 3.8) is 0 Å². The molecule has 0 aliphatic carbocycles. The Morgan fingerprint density at radius 1 is 1.37 bits per heavy atom. The van der Waals surface area contributed by atoms with E-state index in [1.165, 1.54) is 29.4 Å². The summed E-state index contributed by atoms with van der Waals surface area (Å²) >= 11 is 6.13. The Kier molecular flexibility index (Phi) is 7.05. The van der Waals surface area contributed by atoms with Gasteiger partial charge in [0.2, 0.25) is 0 Å². The van der Waals surface area contributed by atoms with Crippen LogP contribution in [0.15, 0.2) is 11.6 Å². The minimum Gasteiger partial charge on any atom is -0.312 e. The lowest BCUT2D eigenvalue weighted by Gasteiger charge is -2.36. The molecule has 0 aromatic carbocycles. The maximum Gasteiger partial charge on any atom is 0.0940 e. The summed E-state index contributed by atoms with van der Waals surface area (Å²) in [6.07, 6.45) is 5.50. The van der Waals surface area contributed by atoms with Gasteiger partial charge in [0, 0.05) is 46.0 Å². The zero-order valence-corrected chi connectivity index (χ0v) is 14.3. The predicted molar refractivity (Wildman–Crippen MR) is 90.7 cm³/mol. The van der Waals surface area contributed by atoms with Gasteiger partial charge in [-0.05, 0) is 19.4 Å². The van der Waals surface area contributed by atoms with Crippen LogP contribution < -0.4 is 5.32 Å². The molecular formula is C14H24N2S3. The first-order valence-electron chi connectivity index (χ1n) is 7.20. The van der Waals surface area contributed by atoms with E-state index in [0.29, 0.717) is 6.04 Å². The van der Waals surface area contributed by atoms with Crippen molar-refractivity contribution < 1.29 is 0 Å². The molecule has 1 saturated heterocycles. The lowest BCUT2D eigenvalue weighted by Crippen LogP contribution is -2.46. The summed E-state index contributed by atoms with van der Waals surface area (Å²) < 4.78 is 0. The first-order valence-corrected chi connectivity index (χ1v) is 10.2. The smallest absolute Gasteiger partial charge is 0.0940 e. The van der Waals surface area contributed by atoms with E-state index in [1.807, 2.05) is 6.20 Å². The van der Waals surface area contributed by atoms with E-state index in [9.17, 15) is 0 Å². The topological polar surface area (TPSA) is 24.9 Å². The molecule has 1 aliphatic heterocycles. The quantitative estimate of drug-likeness (QED) is 0.829. The van der Waals surface area contributed by atoms with E-state index >= 15 is 0 Å². The van der Waals surface area contributed by atoms with E-state index in [0.717, 1.165) is 23.5 Å². The Morgan fingerprint density at radius 3 is 2.89 bits per heavy atom. The van der Waals surface area contributed by atoms with E-state index < -0.39 is 0 Å². The van der Waals surface area contributed by atoms with Crippen molar-refractivity contribution in [1.82, 2.24) is 10.3 Å². The molecule has 1 aromatic heterocycles. The Balaban J connectivity index is 2.01. The van der Waals surface area contributed by atoms with E-state index in [4.69, 9.17) is 0 Å². The maximum absolute atomic E-state index is 4.47. The van der Waals surface area contributed by atoms with Crippen LogP contribution >= 0.6 is 34.9 Å². The monoisotopic (exact) mass is 316 g/mol. The van der Waals surface area contributed by atoms with Gasteiger partial charge in [0.25, 0.3) is 0 Å². The van der Waals surface area contributed by atoms with Gasteiger partial charge in [0.15, 0.2) is 0 Å². The normalized spacial score (nSPS) is 25.4. The van der Waals surface area contributed by atoms with Crippen LogP contribution in [0.3, 0.4) is 0 Å². The van der Waals surface area contributed by atoms with Crippen molar-refractivity contribution in [2.45, 2.75) is 49.7 Å². The van der Waals surface area contributed by atoms with Gasteiger partial charge in [-0.15, -0.1) is 11.3 Å². The Morgan fingerprint density at radius 2 is 2.21 bits per heavy atom. The number of thiazole rings is 1. The SMILES string of the molecule is CCCNC(Cc1nccs1)C1SCCSC1CC. The Hall–Kier alpha value is 0.290. The number of nitrogens with zero attached hydrogens (tertiary/aromatic N) is 1. The van der Waals surface area contributed by atoms with Crippen molar-refractivity contribution in [2.75, 3.05) is 18.1 Å². The van der Waals surface area contributed by atoms with Crippen LogP contribution in [0.1, 0.15) is 31.7 Å². The highest BCUT2D eigenvalue weighted by Crippen LogP contribution is 2.36. The average Bonchev–Trinajstić information content (AvgIpc) is 2.96. The molecule has 19 heavy (non-hydrogen) atoms. The van der Waals surface area contributed by atoms with Gasteiger partial charge < -0.3 is 5.32 Å². The third kappa shape index (κ3) is 4.66. The van der Waals surface area contributed by atoms with E-state index in [2.05, 4.69) is 53.1 Å². The molecule has 0 spiro atoms. The molecule has 2 rings (SSSR count). The largest absolute Gasteiger partial charge is 0.312 e. The van der Waals surface area contributed by atoms with Crippen molar-refractivity contribution in [1.29, 1.82) is 0 Å². The molecule has 1 fully saturated rings. The van der Waals surface area contributed by atoms with Crippen LogP contribution in [-0.4, -0.2) is 39.6 Å². The first kappa shape index (κ1) is 15.7. The van der Waals surface area contributed by atoms with Gasteiger partial charge >= 0.3 is 0 Å². The van der Waals surface area contributed by atoms with Crippen LogP contribution in [0, 0.1) is 0 Å². The summed E-state index contributed by atoms with van der Waals surface area (Å²) in [4.78, 5) is 4.47. The van der Waals surface area contributed by atoms with Crippen molar-refractivity contribution in [3.8, 4) is 0 Å². The molecule has 1 aromatic rings. The summed E-state index contributed by atoms with van der Waals surface area (Å²) in [7, 11) is 0. The fraction of sp³-hybridized carbons (Fsp3) is 0.786. The molecule has 3 unspecified atom stereocenters. The van der Waals surface area contributed by atoms with Gasteiger partial charge in [-0.2, -0.15) is 23.5 Å². The molecule has 108 valence electrons. The average molecular weight is 317 g/mol. The molecule has 3 atom stereocenters. The number of rotatable bonds is 7. The third-order valence-corrected chi connectivity index (χ3v) is 7.63. The summed E-state index contributed by atoms with van der Waals surface area (Å²) in [6, 6.07) is 0.578. The van der Waals surface area contributed by atoms with Crippen LogP contribution in [0.4, 0.5) is 0 Å². The predicted octanol–water partition coefficient (Wildman–Crippen LogP) is 3.68. The lowest BCUT2D eigenvalue weighted by atomic mass is 10.1. The molecule has 1 N–H and O–H groups in total. The second kappa shape index (κ2) is 8.55. The second-order valence-electron chi connectivity index (χ2n) is 4.84. The summed E-state index contributed by atoms with van der Waals surface area (Å²) in [5, 5.41) is 8.68. The van der Waals surface area contributed by atoms with Gasteiger partial charge in [-0.25, -0.2) is 4.98 Å². The highest BCUT2D eigenvalue weighted by Gasteiger charge is 2.32. The standard InChI is InChI=1S/C14H24N2S3/c1-3-5-15-11(10-13-16-6-7-18-13)14-12(4-2)17-8-9-19-14/h6-7,11-12,14-15H,3-5,8-10H2,1-2H3. The molecule has 0 amide bonds. The molecule has 5 heteroatoms. The van der Waals surface area contributed by atoms with Crippen molar-refractivity contribution in [2.24, 2.45) is 0 Å². The summed E-state index contributed by atoms with van der Waals surface area (Å²) in [5.41, 5.74) is 0. The third-order valence-electron chi connectivity index (χ3n) is 3.43. The van der Waals surface area contributed by atoms with Gasteiger partial charge in [0.1, 0.15) is 0 Å². The number of aromatic nitrogens is 1. The minimum absolute atomic E-state index is 0.578. The van der Waals surface area contributed by atoms with Crippen molar-refractivity contribution >= 4 is 34.9 Å². The highest BCUT2D eigenvalue weighted by atomic mass is 32.2. The van der Waals surface area contributed by atoms with Gasteiger partial charge in [-0.1, -0.05) is 13.8 Å². The summed E-state index contributed by atoms with van der Waals surface area (Å²) in [6.45, 7) is 5.69. The fourth-order valence-electron chi connectivity index (χ4n) is 2.49. The van der Waals surface area contributed by atoms with Crippen LogP contribution in [0.25, 0.3) is 0 Å². The zero-order valence-electron chi connectivity index (χ0n) is 11.8. The molecule has 1 aliphatic rings. The number of hydrogen-bond acceptors (Lipinski definition) is 5. The van der Waals surface area contributed by atoms with Crippen LogP contribution in [-0.2, 0) is 6.42 Å². The second-order valence-corrected chi connectivity index (χ2v) is 8.46. The molecule has 2 heterocycles. The lowest BCUT2D eigenvalue weighted by molar-refractivity contribution is 0.476. The molecule has 0 bridgehead atoms. The summed E-state index contributed by atoms with van der Waals surface area (Å²) in [5.74, 6) is 2.62. The number of nitrogens with one attached hydrogen (secondary N) is 1. The van der Waals surface area contributed by atoms with E-state index in [-0.39, 0.29) is 0 Å². The van der Waals surface area contributed by atoms with Gasteiger partial charge in [-0.3, -0.25) is 0 Å². The van der Waals surface area contributed by atoms with Crippen LogP contribution in [0.5, 0.6) is 0 Å². The van der Waals surface area contributed by atoms with E-state index in [1.54, 1.807) is 11.3 Å². The number of hydrogen-bond donors (Lipinski definition) is 1.